The Hall–Kier alpha value is -5.82. The lowest BCUT2D eigenvalue weighted by atomic mass is 9.94. The minimum atomic E-state index is -1.26. The first kappa shape index (κ1) is 31.1. The fourth-order valence-electron chi connectivity index (χ4n) is 3.77. The summed E-state index contributed by atoms with van der Waals surface area (Å²) in [5.41, 5.74) is -0.262. The highest BCUT2D eigenvalue weighted by atomic mass is 16.5. The first-order chi connectivity index (χ1) is 20.7. The van der Waals surface area contributed by atoms with Crippen LogP contribution in [0.1, 0.15) is 66.7 Å². The Morgan fingerprint density at radius 3 is 2.36 bits per heavy atom. The van der Waals surface area contributed by atoms with Crippen LogP contribution in [-0.4, -0.2) is 55.0 Å². The van der Waals surface area contributed by atoms with Crippen LogP contribution in [0.4, 0.5) is 0 Å². The number of H-pyrrole nitrogens is 2. The zero-order valence-electron chi connectivity index (χ0n) is 25.0. The van der Waals surface area contributed by atoms with Crippen molar-refractivity contribution in [1.82, 2.24) is 25.7 Å². The van der Waals surface area contributed by atoms with Gasteiger partial charge in [-0.3, -0.25) is 0 Å². The molecule has 0 saturated heterocycles. The van der Waals surface area contributed by atoms with Crippen LogP contribution in [0.25, 0.3) is 0 Å². The third kappa shape index (κ3) is 7.92. The number of nitrogens with one attached hydrogen (secondary N) is 2. The number of carboxylic acids is 2. The van der Waals surface area contributed by atoms with Crippen LogP contribution in [0.2, 0.25) is 0 Å². The minimum absolute atomic E-state index is 0.0559. The number of carbonyl (C=O) groups is 2. The fraction of sp³-hybridized carbons (Fsp3) is 0.290. The first-order valence-corrected chi connectivity index (χ1v) is 13.3. The van der Waals surface area contributed by atoms with Crippen LogP contribution < -0.4 is 18.9 Å². The molecule has 0 fully saturated rings. The van der Waals surface area contributed by atoms with Gasteiger partial charge >= 0.3 is 23.5 Å². The summed E-state index contributed by atoms with van der Waals surface area (Å²) in [7, 11) is 1.54. The van der Waals surface area contributed by atoms with Gasteiger partial charge in [0.2, 0.25) is 5.69 Å². The van der Waals surface area contributed by atoms with Crippen molar-refractivity contribution in [2.45, 2.75) is 41.2 Å². The van der Waals surface area contributed by atoms with E-state index in [4.69, 9.17) is 14.2 Å². The van der Waals surface area contributed by atoms with Gasteiger partial charge in [-0.15, -0.1) is 9.78 Å². The van der Waals surface area contributed by atoms with Gasteiger partial charge in [-0.05, 0) is 65.0 Å². The van der Waals surface area contributed by atoms with Crippen molar-refractivity contribution in [2.24, 2.45) is 10.8 Å². The standard InChI is InChI=1S/C31H30N6O7/c1-30(2,3)14-13-20-17-22(10-11-23(20)42-6)44-27-25(29(40)41)37(36-34-27)18-31(4,5)15-12-19-8-7-9-21(16-19)43-26-24(28(38)39)32-35-33-26/h7-11,16-17H,18H2,1-6H3,(H3,32,33,35,38,39,40,41)/p+1. The molecule has 0 amide bonds. The van der Waals surface area contributed by atoms with Gasteiger partial charge in [-0.25, -0.2) is 14.7 Å². The van der Waals surface area contributed by atoms with Crippen molar-refractivity contribution >= 4 is 11.9 Å². The number of hydrogen-bond acceptors (Lipinski definition) is 8. The van der Waals surface area contributed by atoms with Gasteiger partial charge in [0.25, 0.3) is 5.88 Å². The molecule has 44 heavy (non-hydrogen) atoms. The first-order valence-electron chi connectivity index (χ1n) is 13.3. The van der Waals surface area contributed by atoms with Gasteiger partial charge in [0.1, 0.15) is 23.8 Å². The highest BCUT2D eigenvalue weighted by Gasteiger charge is 2.33. The summed E-state index contributed by atoms with van der Waals surface area (Å²) in [5.74, 6) is 10.9. The van der Waals surface area contributed by atoms with E-state index in [1.54, 1.807) is 49.6 Å². The number of nitrogens with zero attached hydrogens (tertiary/aromatic N) is 4. The molecular formula is C31H31N6O7+. The van der Waals surface area contributed by atoms with Gasteiger partial charge in [0.15, 0.2) is 0 Å². The predicted octanol–water partition coefficient (Wildman–Crippen LogP) is 4.28. The van der Waals surface area contributed by atoms with Crippen LogP contribution >= 0.6 is 0 Å². The van der Waals surface area contributed by atoms with Crippen LogP contribution in [0.15, 0.2) is 42.5 Å². The Balaban J connectivity index is 1.54. The molecule has 226 valence electrons. The third-order valence-corrected chi connectivity index (χ3v) is 5.78. The van der Waals surface area contributed by atoms with E-state index < -0.39 is 17.4 Å². The molecule has 0 bridgehead atoms. The second-order valence-electron chi connectivity index (χ2n) is 11.3. The van der Waals surface area contributed by atoms with Crippen LogP contribution in [0.3, 0.4) is 0 Å². The summed E-state index contributed by atoms with van der Waals surface area (Å²) < 4.78 is 18.2. The van der Waals surface area contributed by atoms with Crippen molar-refractivity contribution in [3.63, 3.8) is 0 Å². The van der Waals surface area contributed by atoms with Gasteiger partial charge < -0.3 is 24.4 Å². The van der Waals surface area contributed by atoms with Crippen LogP contribution in [-0.2, 0) is 6.54 Å². The number of aromatic amines is 2. The molecule has 0 aliphatic rings. The maximum atomic E-state index is 12.3. The summed E-state index contributed by atoms with van der Waals surface area (Å²) in [5, 5.41) is 35.4. The molecule has 0 aliphatic heterocycles. The molecule has 4 rings (SSSR count). The molecule has 0 saturated carbocycles. The summed E-state index contributed by atoms with van der Waals surface area (Å²) in [6.07, 6.45) is 0. The van der Waals surface area contributed by atoms with E-state index in [2.05, 4.69) is 49.4 Å². The molecule has 0 atom stereocenters. The Labute approximate surface area is 253 Å². The zero-order chi connectivity index (χ0) is 32.1. The van der Waals surface area contributed by atoms with Gasteiger partial charge in [0, 0.05) is 17.0 Å². The number of aromatic nitrogens is 6. The van der Waals surface area contributed by atoms with Crippen molar-refractivity contribution in [2.75, 3.05) is 7.11 Å². The molecule has 0 spiro atoms. The van der Waals surface area contributed by atoms with Gasteiger partial charge in [-0.2, -0.15) is 0 Å². The highest BCUT2D eigenvalue weighted by Crippen LogP contribution is 2.28. The normalized spacial score (nSPS) is 11.0. The van der Waals surface area contributed by atoms with Gasteiger partial charge in [-0.1, -0.05) is 40.1 Å². The van der Waals surface area contributed by atoms with E-state index in [1.165, 1.54) is 4.68 Å². The second-order valence-corrected chi connectivity index (χ2v) is 11.3. The molecule has 4 aromatic rings. The molecule has 0 radical (unpaired) electrons. The minimum Gasteiger partial charge on any atom is -0.495 e. The smallest absolute Gasteiger partial charge is 0.386 e. The fourth-order valence-corrected chi connectivity index (χ4v) is 3.77. The van der Waals surface area contributed by atoms with Gasteiger partial charge in [0.05, 0.1) is 23.3 Å². The Morgan fingerprint density at radius 2 is 1.68 bits per heavy atom. The van der Waals surface area contributed by atoms with Crippen LogP contribution in [0, 0.1) is 34.5 Å². The average Bonchev–Trinajstić information content (AvgIpc) is 3.57. The lowest BCUT2D eigenvalue weighted by Gasteiger charge is -2.13. The third-order valence-electron chi connectivity index (χ3n) is 5.78. The summed E-state index contributed by atoms with van der Waals surface area (Å²) in [4.78, 5) is 23.5. The molecule has 2 heterocycles. The van der Waals surface area contributed by atoms with E-state index >= 15 is 0 Å². The molecular weight excluding hydrogens is 568 g/mol. The van der Waals surface area contributed by atoms with E-state index in [1.807, 2.05) is 34.6 Å². The monoisotopic (exact) mass is 599 g/mol. The van der Waals surface area contributed by atoms with E-state index in [0.717, 1.165) is 0 Å². The number of methoxy groups -OCH3 is 1. The Kier molecular flexibility index (Phi) is 8.90. The van der Waals surface area contributed by atoms with Crippen molar-refractivity contribution in [1.29, 1.82) is 0 Å². The lowest BCUT2D eigenvalue weighted by molar-refractivity contribution is -0.763. The molecule has 2 aromatic heterocycles. The van der Waals surface area contributed by atoms with Crippen molar-refractivity contribution in [3.05, 3.63) is 65.0 Å². The molecule has 13 nitrogen and oxygen atoms in total. The van der Waals surface area contributed by atoms with E-state index in [-0.39, 0.29) is 35.1 Å². The van der Waals surface area contributed by atoms with Crippen molar-refractivity contribution in [3.8, 4) is 52.7 Å². The number of hydrogen-bond donors (Lipinski definition) is 4. The highest BCUT2D eigenvalue weighted by molar-refractivity contribution is 5.87. The Bertz CT molecular complexity index is 1830. The number of carboxylic acid groups (broad SMARTS) is 2. The molecule has 4 N–H and O–H groups in total. The topological polar surface area (TPSA) is 176 Å². The summed E-state index contributed by atoms with van der Waals surface area (Å²) in [6, 6.07) is 11.7. The summed E-state index contributed by atoms with van der Waals surface area (Å²) >= 11 is 0. The lowest BCUT2D eigenvalue weighted by Crippen LogP contribution is -2.46. The Morgan fingerprint density at radius 1 is 0.932 bits per heavy atom. The largest absolute Gasteiger partial charge is 0.495 e. The van der Waals surface area contributed by atoms with Crippen LogP contribution in [0.5, 0.6) is 29.0 Å². The predicted molar refractivity (Wildman–Crippen MR) is 156 cm³/mol. The zero-order valence-corrected chi connectivity index (χ0v) is 25.0. The average molecular weight is 600 g/mol. The second kappa shape index (κ2) is 12.6. The van der Waals surface area contributed by atoms with Crippen molar-refractivity contribution < 1.29 is 38.7 Å². The maximum absolute atomic E-state index is 12.3. The number of benzene rings is 2. The molecule has 0 unspecified atom stereocenters. The SMILES string of the molecule is COc1ccc(Oc2[nH]n[n+](CC(C)(C)C#Cc3cccc(Oc4nn[nH]c4C(=O)O)c3)c2C(=O)O)cc1C#CC(C)(C)C. The molecule has 0 aliphatic carbocycles. The number of rotatable bonds is 9. The van der Waals surface area contributed by atoms with E-state index in [9.17, 15) is 19.8 Å². The summed E-state index contributed by atoms with van der Waals surface area (Å²) in [6.45, 7) is 9.77. The quantitative estimate of drug-likeness (QED) is 0.160. The number of ether oxygens (including phenoxy) is 3. The molecule has 13 heteroatoms. The van der Waals surface area contributed by atoms with E-state index in [0.29, 0.717) is 28.4 Å². The molecule has 2 aromatic carbocycles. The number of aromatic carboxylic acids is 2. The maximum Gasteiger partial charge on any atom is 0.386 e.